The second-order valence-electron chi connectivity index (χ2n) is 14.0. The van der Waals surface area contributed by atoms with E-state index in [1.165, 1.54) is 21.5 Å². The molecular formula is C50H29N5. The van der Waals surface area contributed by atoms with E-state index in [2.05, 4.69) is 177 Å². The Balaban J connectivity index is 1.13. The van der Waals surface area contributed by atoms with E-state index in [9.17, 15) is 10.5 Å². The van der Waals surface area contributed by atoms with Crippen LogP contribution >= 0.6 is 0 Å². The topological polar surface area (TPSA) is 62.4 Å². The van der Waals surface area contributed by atoms with Crippen LogP contribution in [0.1, 0.15) is 11.1 Å². The van der Waals surface area contributed by atoms with Gasteiger partial charge in [0.15, 0.2) is 0 Å². The molecule has 5 heteroatoms. The predicted molar refractivity (Wildman–Crippen MR) is 224 cm³/mol. The fraction of sp³-hybridized carbons (Fsp3) is 0. The molecule has 0 fully saturated rings. The van der Waals surface area contributed by atoms with E-state index in [0.717, 1.165) is 72.1 Å². The molecule has 11 rings (SSSR count). The van der Waals surface area contributed by atoms with Gasteiger partial charge in [-0.3, -0.25) is 0 Å². The first kappa shape index (κ1) is 30.7. The highest BCUT2D eigenvalue weighted by molar-refractivity contribution is 6.17. The van der Waals surface area contributed by atoms with E-state index in [1.807, 2.05) is 24.3 Å². The Hall–Kier alpha value is -7.86. The number of nitrogens with zero attached hydrogens (tertiary/aromatic N) is 5. The molecule has 0 radical (unpaired) electrons. The molecule has 11 aromatic rings. The number of para-hydroxylation sites is 4. The lowest BCUT2D eigenvalue weighted by atomic mass is 10.0. The van der Waals surface area contributed by atoms with Crippen LogP contribution in [0.5, 0.6) is 0 Å². The maximum Gasteiger partial charge on any atom is 0.0992 e. The van der Waals surface area contributed by atoms with Gasteiger partial charge in [-0.15, -0.1) is 0 Å². The molecule has 0 aliphatic heterocycles. The minimum Gasteiger partial charge on any atom is -0.309 e. The summed E-state index contributed by atoms with van der Waals surface area (Å²) in [6.07, 6.45) is 0. The third-order valence-corrected chi connectivity index (χ3v) is 11.1. The summed E-state index contributed by atoms with van der Waals surface area (Å²) in [5.41, 5.74) is 12.9. The van der Waals surface area contributed by atoms with Crippen LogP contribution < -0.4 is 0 Å². The first-order valence-corrected chi connectivity index (χ1v) is 18.3. The summed E-state index contributed by atoms with van der Waals surface area (Å²) in [6.45, 7) is 0. The van der Waals surface area contributed by atoms with Gasteiger partial charge in [-0.25, -0.2) is 0 Å². The lowest BCUT2D eigenvalue weighted by Crippen LogP contribution is -1.99. The Morgan fingerprint density at radius 3 is 1.38 bits per heavy atom. The molecule has 0 bridgehead atoms. The zero-order valence-corrected chi connectivity index (χ0v) is 29.5. The Morgan fingerprint density at radius 2 is 0.818 bits per heavy atom. The highest BCUT2D eigenvalue weighted by Crippen LogP contribution is 2.41. The van der Waals surface area contributed by atoms with Gasteiger partial charge in [-0.1, -0.05) is 97.1 Å². The van der Waals surface area contributed by atoms with E-state index in [0.29, 0.717) is 11.1 Å². The summed E-state index contributed by atoms with van der Waals surface area (Å²) in [5.74, 6) is 0. The van der Waals surface area contributed by atoms with E-state index in [4.69, 9.17) is 0 Å². The average Bonchev–Trinajstić information content (AvgIpc) is 3.89. The van der Waals surface area contributed by atoms with Gasteiger partial charge in [0.1, 0.15) is 0 Å². The van der Waals surface area contributed by atoms with Crippen LogP contribution in [0, 0.1) is 22.7 Å². The highest BCUT2D eigenvalue weighted by Gasteiger charge is 2.21. The van der Waals surface area contributed by atoms with Gasteiger partial charge in [0.25, 0.3) is 0 Å². The summed E-state index contributed by atoms with van der Waals surface area (Å²) in [7, 11) is 0. The molecule has 254 valence electrons. The van der Waals surface area contributed by atoms with Gasteiger partial charge < -0.3 is 13.7 Å². The Morgan fingerprint density at radius 1 is 0.345 bits per heavy atom. The Bertz CT molecular complexity index is 3350. The molecule has 0 unspecified atom stereocenters. The van der Waals surface area contributed by atoms with Crippen molar-refractivity contribution >= 4 is 65.4 Å². The molecule has 0 N–H and O–H groups in total. The molecule has 55 heavy (non-hydrogen) atoms. The molecule has 0 spiro atoms. The van der Waals surface area contributed by atoms with Gasteiger partial charge in [0.2, 0.25) is 0 Å². The largest absolute Gasteiger partial charge is 0.309 e. The SMILES string of the molecule is N#Cc1ccc(-c2ccc(-n3c4ccc(C#N)cc4c4c(-n5c6ccccc6c6ccccc65)cccc43)cc2)c(-n2c3ccccc3c3ccccc32)c1. The standard InChI is InChI=1S/C50H29N5/c51-30-32-21-27-46-41(28-32)50-47(18-9-19-48(50)54-42-14-5-1-10-37(42)38-11-2-6-15-43(38)54)53(46)35-24-22-34(23-25-35)36-26-20-33(31-52)29-49(36)55-44-16-7-3-12-39(44)40-13-4-8-17-45(40)55/h1-29H. The lowest BCUT2D eigenvalue weighted by Gasteiger charge is -2.15. The van der Waals surface area contributed by atoms with Gasteiger partial charge in [-0.05, 0) is 84.4 Å². The van der Waals surface area contributed by atoms with Crippen LogP contribution in [0.4, 0.5) is 0 Å². The van der Waals surface area contributed by atoms with Crippen LogP contribution in [0.15, 0.2) is 176 Å². The minimum absolute atomic E-state index is 0.610. The molecule has 3 aromatic heterocycles. The number of rotatable bonds is 4. The number of hydrogen-bond acceptors (Lipinski definition) is 2. The Kier molecular flexibility index (Phi) is 6.61. The number of hydrogen-bond donors (Lipinski definition) is 0. The fourth-order valence-electron chi connectivity index (χ4n) is 8.77. The van der Waals surface area contributed by atoms with Crippen LogP contribution in [0.25, 0.3) is 93.6 Å². The summed E-state index contributed by atoms with van der Waals surface area (Å²) >= 11 is 0. The van der Waals surface area contributed by atoms with E-state index in [1.54, 1.807) is 0 Å². The first-order valence-electron chi connectivity index (χ1n) is 18.3. The minimum atomic E-state index is 0.610. The third kappa shape index (κ3) is 4.45. The summed E-state index contributed by atoms with van der Waals surface area (Å²) in [6, 6.07) is 65.9. The van der Waals surface area contributed by atoms with Crippen molar-refractivity contribution in [3.05, 3.63) is 187 Å². The number of nitriles is 2. The average molecular weight is 700 g/mol. The van der Waals surface area contributed by atoms with Gasteiger partial charge in [0.05, 0.1) is 67.7 Å². The maximum absolute atomic E-state index is 10.0. The van der Waals surface area contributed by atoms with Crippen LogP contribution in [-0.2, 0) is 0 Å². The van der Waals surface area contributed by atoms with Crippen molar-refractivity contribution < 1.29 is 0 Å². The molecule has 8 aromatic carbocycles. The number of benzene rings is 8. The van der Waals surface area contributed by atoms with Crippen molar-refractivity contribution in [2.45, 2.75) is 0 Å². The molecule has 0 atom stereocenters. The van der Waals surface area contributed by atoms with E-state index < -0.39 is 0 Å². The Labute approximate surface area is 316 Å². The second-order valence-corrected chi connectivity index (χ2v) is 14.0. The zero-order chi connectivity index (χ0) is 36.6. The van der Waals surface area contributed by atoms with Crippen LogP contribution in [0.2, 0.25) is 0 Å². The van der Waals surface area contributed by atoms with Gasteiger partial charge >= 0.3 is 0 Å². The molecule has 3 heterocycles. The fourth-order valence-corrected chi connectivity index (χ4v) is 8.77. The van der Waals surface area contributed by atoms with Gasteiger partial charge in [0, 0.05) is 43.6 Å². The van der Waals surface area contributed by atoms with Gasteiger partial charge in [-0.2, -0.15) is 10.5 Å². The summed E-state index contributed by atoms with van der Waals surface area (Å²) in [5, 5.41) is 26.9. The summed E-state index contributed by atoms with van der Waals surface area (Å²) in [4.78, 5) is 0. The molecule has 0 aliphatic rings. The van der Waals surface area contributed by atoms with E-state index in [-0.39, 0.29) is 0 Å². The van der Waals surface area contributed by atoms with Crippen molar-refractivity contribution in [3.8, 4) is 40.3 Å². The maximum atomic E-state index is 10.0. The monoisotopic (exact) mass is 699 g/mol. The van der Waals surface area contributed by atoms with Crippen molar-refractivity contribution in [2.24, 2.45) is 0 Å². The van der Waals surface area contributed by atoms with Crippen molar-refractivity contribution in [2.75, 3.05) is 0 Å². The zero-order valence-electron chi connectivity index (χ0n) is 29.5. The third-order valence-electron chi connectivity index (χ3n) is 11.1. The summed E-state index contributed by atoms with van der Waals surface area (Å²) < 4.78 is 6.95. The smallest absolute Gasteiger partial charge is 0.0992 e. The highest BCUT2D eigenvalue weighted by atomic mass is 15.0. The van der Waals surface area contributed by atoms with Crippen molar-refractivity contribution in [1.29, 1.82) is 10.5 Å². The molecule has 5 nitrogen and oxygen atoms in total. The predicted octanol–water partition coefficient (Wildman–Crippen LogP) is 12.4. The normalized spacial score (nSPS) is 11.6. The first-order chi connectivity index (χ1) is 27.2. The van der Waals surface area contributed by atoms with Crippen LogP contribution in [0.3, 0.4) is 0 Å². The molecule has 0 saturated heterocycles. The molecule has 0 amide bonds. The van der Waals surface area contributed by atoms with Crippen LogP contribution in [-0.4, -0.2) is 13.7 Å². The lowest BCUT2D eigenvalue weighted by molar-refractivity contribution is 1.16. The second kappa shape index (κ2) is 11.8. The van der Waals surface area contributed by atoms with E-state index >= 15 is 0 Å². The molecule has 0 saturated carbocycles. The number of aromatic nitrogens is 3. The van der Waals surface area contributed by atoms with Crippen molar-refractivity contribution in [1.82, 2.24) is 13.7 Å². The molecular weight excluding hydrogens is 671 g/mol. The number of fused-ring (bicyclic) bond motifs is 9. The molecule has 0 aliphatic carbocycles. The van der Waals surface area contributed by atoms with Crippen molar-refractivity contribution in [3.63, 3.8) is 0 Å². The quantitative estimate of drug-likeness (QED) is 0.184.